The van der Waals surface area contributed by atoms with Crippen molar-refractivity contribution in [3.63, 3.8) is 0 Å². The Bertz CT molecular complexity index is 298. The standard InChI is InChI=1S/C9H10ClNO/c1-6(12)9(11)7-4-2-3-5-8(7)10/h2-5,9H,11H2,1H3/t9-/m0/s1. The Balaban J connectivity index is 3.02. The van der Waals surface area contributed by atoms with E-state index < -0.39 is 6.04 Å². The van der Waals surface area contributed by atoms with Gasteiger partial charge in [-0.3, -0.25) is 4.79 Å². The van der Waals surface area contributed by atoms with Gasteiger partial charge in [0.2, 0.25) is 0 Å². The SMILES string of the molecule is CC(=O)[C@H](N)c1ccccc1Cl. The molecular weight excluding hydrogens is 174 g/mol. The molecule has 1 aromatic rings. The van der Waals surface area contributed by atoms with Gasteiger partial charge in [0, 0.05) is 5.02 Å². The minimum absolute atomic E-state index is 0.0805. The van der Waals surface area contributed by atoms with E-state index in [0.29, 0.717) is 10.6 Å². The summed E-state index contributed by atoms with van der Waals surface area (Å²) in [6.07, 6.45) is 0. The smallest absolute Gasteiger partial charge is 0.151 e. The van der Waals surface area contributed by atoms with Gasteiger partial charge in [-0.25, -0.2) is 0 Å². The number of carbonyl (C=O) groups is 1. The van der Waals surface area contributed by atoms with Crippen LogP contribution in [0.1, 0.15) is 18.5 Å². The fourth-order valence-electron chi connectivity index (χ4n) is 0.946. The Morgan fingerprint density at radius 3 is 2.58 bits per heavy atom. The van der Waals surface area contributed by atoms with Gasteiger partial charge in [0.25, 0.3) is 0 Å². The van der Waals surface area contributed by atoms with Gasteiger partial charge in [-0.05, 0) is 18.6 Å². The molecule has 0 aliphatic heterocycles. The fourth-order valence-corrected chi connectivity index (χ4v) is 1.20. The van der Waals surface area contributed by atoms with Gasteiger partial charge in [0.15, 0.2) is 5.78 Å². The van der Waals surface area contributed by atoms with Crippen molar-refractivity contribution in [1.29, 1.82) is 0 Å². The van der Waals surface area contributed by atoms with Crippen LogP contribution in [-0.2, 0) is 4.79 Å². The number of hydrogen-bond acceptors (Lipinski definition) is 2. The molecule has 1 atom stereocenters. The van der Waals surface area contributed by atoms with Crippen LogP contribution in [0.25, 0.3) is 0 Å². The summed E-state index contributed by atoms with van der Waals surface area (Å²) in [5.74, 6) is -0.0805. The summed E-state index contributed by atoms with van der Waals surface area (Å²) in [5.41, 5.74) is 6.29. The van der Waals surface area contributed by atoms with Crippen molar-refractivity contribution in [2.75, 3.05) is 0 Å². The normalized spacial score (nSPS) is 12.6. The van der Waals surface area contributed by atoms with Crippen LogP contribution in [0, 0.1) is 0 Å². The van der Waals surface area contributed by atoms with Crippen LogP contribution in [0.3, 0.4) is 0 Å². The number of rotatable bonds is 2. The van der Waals surface area contributed by atoms with Crippen LogP contribution in [0.15, 0.2) is 24.3 Å². The van der Waals surface area contributed by atoms with Gasteiger partial charge in [-0.15, -0.1) is 0 Å². The van der Waals surface area contributed by atoms with Gasteiger partial charge >= 0.3 is 0 Å². The summed E-state index contributed by atoms with van der Waals surface area (Å²) < 4.78 is 0. The van der Waals surface area contributed by atoms with Gasteiger partial charge in [0.05, 0.1) is 6.04 Å². The van der Waals surface area contributed by atoms with E-state index in [1.165, 1.54) is 6.92 Å². The lowest BCUT2D eigenvalue weighted by Gasteiger charge is -2.08. The topological polar surface area (TPSA) is 43.1 Å². The number of carbonyl (C=O) groups excluding carboxylic acids is 1. The number of ketones is 1. The molecule has 64 valence electrons. The molecule has 0 fully saturated rings. The van der Waals surface area contributed by atoms with Crippen LogP contribution in [0.5, 0.6) is 0 Å². The first-order valence-electron chi connectivity index (χ1n) is 3.63. The zero-order valence-corrected chi connectivity index (χ0v) is 7.51. The molecule has 3 heteroatoms. The van der Waals surface area contributed by atoms with Gasteiger partial charge in [-0.2, -0.15) is 0 Å². The highest BCUT2D eigenvalue weighted by Crippen LogP contribution is 2.21. The third-order valence-electron chi connectivity index (χ3n) is 1.68. The first-order chi connectivity index (χ1) is 5.63. The molecule has 0 saturated carbocycles. The molecule has 0 unspecified atom stereocenters. The second-order valence-electron chi connectivity index (χ2n) is 2.61. The molecule has 0 aromatic heterocycles. The van der Waals surface area contributed by atoms with Crippen LogP contribution in [0.2, 0.25) is 5.02 Å². The Kier molecular flexibility index (Phi) is 2.84. The van der Waals surface area contributed by atoms with E-state index in [2.05, 4.69) is 0 Å². The average Bonchev–Trinajstić information content (AvgIpc) is 2.04. The Labute approximate surface area is 76.3 Å². The molecule has 0 heterocycles. The van der Waals surface area contributed by atoms with E-state index in [-0.39, 0.29) is 5.78 Å². The largest absolute Gasteiger partial charge is 0.318 e. The van der Waals surface area contributed by atoms with E-state index in [1.807, 2.05) is 6.07 Å². The number of hydrogen-bond donors (Lipinski definition) is 1. The van der Waals surface area contributed by atoms with Crippen LogP contribution in [-0.4, -0.2) is 5.78 Å². The second-order valence-corrected chi connectivity index (χ2v) is 3.02. The maximum atomic E-state index is 10.9. The molecule has 0 aliphatic rings. The summed E-state index contributed by atoms with van der Waals surface area (Å²) in [4.78, 5) is 10.9. The minimum atomic E-state index is -0.598. The lowest BCUT2D eigenvalue weighted by Crippen LogP contribution is -2.18. The molecule has 0 bridgehead atoms. The molecule has 0 radical (unpaired) electrons. The molecule has 12 heavy (non-hydrogen) atoms. The predicted octanol–water partition coefficient (Wildman–Crippen LogP) is 1.93. The fraction of sp³-hybridized carbons (Fsp3) is 0.222. The molecule has 0 aliphatic carbocycles. The summed E-state index contributed by atoms with van der Waals surface area (Å²) in [5, 5.41) is 0.542. The van der Waals surface area contributed by atoms with Crippen molar-refractivity contribution in [2.45, 2.75) is 13.0 Å². The molecule has 1 aromatic carbocycles. The van der Waals surface area contributed by atoms with Crippen molar-refractivity contribution >= 4 is 17.4 Å². The van der Waals surface area contributed by atoms with Gasteiger partial charge in [-0.1, -0.05) is 29.8 Å². The van der Waals surface area contributed by atoms with E-state index in [9.17, 15) is 4.79 Å². The van der Waals surface area contributed by atoms with Crippen LogP contribution in [0.4, 0.5) is 0 Å². The zero-order chi connectivity index (χ0) is 9.14. The Morgan fingerprint density at radius 2 is 2.08 bits per heavy atom. The predicted molar refractivity (Wildman–Crippen MR) is 49.1 cm³/mol. The van der Waals surface area contributed by atoms with E-state index in [1.54, 1.807) is 18.2 Å². The number of Topliss-reactive ketones (excluding diaryl/α,β-unsaturated/α-hetero) is 1. The molecule has 2 nitrogen and oxygen atoms in total. The van der Waals surface area contributed by atoms with Crippen molar-refractivity contribution in [1.82, 2.24) is 0 Å². The lowest BCUT2D eigenvalue weighted by molar-refractivity contribution is -0.118. The van der Waals surface area contributed by atoms with Gasteiger partial charge in [0.1, 0.15) is 0 Å². The highest BCUT2D eigenvalue weighted by atomic mass is 35.5. The average molecular weight is 184 g/mol. The first kappa shape index (κ1) is 9.23. The first-order valence-corrected chi connectivity index (χ1v) is 4.01. The molecular formula is C9H10ClNO. The number of nitrogens with two attached hydrogens (primary N) is 1. The minimum Gasteiger partial charge on any atom is -0.318 e. The maximum absolute atomic E-state index is 10.9. The van der Waals surface area contributed by atoms with Crippen LogP contribution >= 0.6 is 11.6 Å². The van der Waals surface area contributed by atoms with Gasteiger partial charge < -0.3 is 5.73 Å². The summed E-state index contributed by atoms with van der Waals surface area (Å²) in [6.45, 7) is 1.45. The molecule has 0 amide bonds. The van der Waals surface area contributed by atoms with E-state index in [0.717, 1.165) is 0 Å². The maximum Gasteiger partial charge on any atom is 0.151 e. The van der Waals surface area contributed by atoms with E-state index in [4.69, 9.17) is 17.3 Å². The Morgan fingerprint density at radius 1 is 1.50 bits per heavy atom. The number of benzene rings is 1. The van der Waals surface area contributed by atoms with Crippen molar-refractivity contribution in [2.24, 2.45) is 5.73 Å². The third-order valence-corrected chi connectivity index (χ3v) is 2.02. The summed E-state index contributed by atoms with van der Waals surface area (Å²) in [6, 6.07) is 6.50. The molecule has 0 saturated heterocycles. The summed E-state index contributed by atoms with van der Waals surface area (Å²) >= 11 is 5.83. The van der Waals surface area contributed by atoms with E-state index >= 15 is 0 Å². The lowest BCUT2D eigenvalue weighted by atomic mass is 10.1. The summed E-state index contributed by atoms with van der Waals surface area (Å²) in [7, 11) is 0. The quantitative estimate of drug-likeness (QED) is 0.762. The second kappa shape index (κ2) is 3.70. The Hall–Kier alpha value is -0.860. The molecule has 2 N–H and O–H groups in total. The third kappa shape index (κ3) is 1.84. The highest BCUT2D eigenvalue weighted by molar-refractivity contribution is 6.31. The van der Waals surface area contributed by atoms with Crippen LogP contribution < -0.4 is 5.73 Å². The molecule has 0 spiro atoms. The monoisotopic (exact) mass is 183 g/mol. The molecule has 1 rings (SSSR count). The van der Waals surface area contributed by atoms with Crippen molar-refractivity contribution < 1.29 is 4.79 Å². The van der Waals surface area contributed by atoms with Crippen molar-refractivity contribution in [3.05, 3.63) is 34.9 Å². The highest BCUT2D eigenvalue weighted by Gasteiger charge is 2.12. The zero-order valence-electron chi connectivity index (χ0n) is 6.75. The van der Waals surface area contributed by atoms with Crippen molar-refractivity contribution in [3.8, 4) is 0 Å². The number of halogens is 1.